The van der Waals surface area contributed by atoms with Gasteiger partial charge in [0.05, 0.1) is 0 Å². The highest BCUT2D eigenvalue weighted by atomic mass is 16.5. The van der Waals surface area contributed by atoms with E-state index < -0.39 is 0 Å². The maximum absolute atomic E-state index is 5.48. The molecule has 0 unspecified atom stereocenters. The standard InChI is InChI=1S/C10H18N2O/c1-3-12(4-2)8-9-13-10-6-5-7-11-10/h5-7,11H,3-4,8-9H2,1-2H3. The highest BCUT2D eigenvalue weighted by Gasteiger charge is 1.98. The number of rotatable bonds is 6. The topological polar surface area (TPSA) is 28.3 Å². The fraction of sp³-hybridized carbons (Fsp3) is 0.600. The van der Waals surface area contributed by atoms with E-state index in [0.29, 0.717) is 0 Å². The fourth-order valence-corrected chi connectivity index (χ4v) is 1.23. The van der Waals surface area contributed by atoms with E-state index in [1.54, 1.807) is 0 Å². The molecule has 0 amide bonds. The Labute approximate surface area is 79.7 Å². The molecule has 0 saturated heterocycles. The van der Waals surface area contributed by atoms with Crippen LogP contribution in [0.1, 0.15) is 13.8 Å². The summed E-state index contributed by atoms with van der Waals surface area (Å²) in [5, 5.41) is 0. The average molecular weight is 182 g/mol. The Hall–Kier alpha value is -0.960. The number of nitrogens with zero attached hydrogens (tertiary/aromatic N) is 1. The van der Waals surface area contributed by atoms with Crippen LogP contribution in [-0.4, -0.2) is 36.1 Å². The molecular formula is C10H18N2O. The Bertz CT molecular complexity index is 205. The van der Waals surface area contributed by atoms with Crippen LogP contribution in [0.25, 0.3) is 0 Å². The summed E-state index contributed by atoms with van der Waals surface area (Å²) in [4.78, 5) is 5.34. The lowest BCUT2D eigenvalue weighted by Gasteiger charge is -2.17. The summed E-state index contributed by atoms with van der Waals surface area (Å²) in [5.74, 6) is 0.854. The van der Waals surface area contributed by atoms with Gasteiger partial charge >= 0.3 is 0 Å². The first-order valence-corrected chi connectivity index (χ1v) is 4.85. The summed E-state index contributed by atoms with van der Waals surface area (Å²) < 4.78 is 5.48. The Morgan fingerprint density at radius 3 is 2.69 bits per heavy atom. The van der Waals surface area contributed by atoms with Crippen molar-refractivity contribution in [3.63, 3.8) is 0 Å². The van der Waals surface area contributed by atoms with Gasteiger partial charge in [0.2, 0.25) is 0 Å². The molecule has 0 atom stereocenters. The molecule has 0 aliphatic heterocycles. The molecule has 0 saturated carbocycles. The van der Waals surface area contributed by atoms with Gasteiger partial charge in [0.15, 0.2) is 5.88 Å². The van der Waals surface area contributed by atoms with Crippen LogP contribution in [0.4, 0.5) is 0 Å². The Morgan fingerprint density at radius 1 is 1.38 bits per heavy atom. The van der Waals surface area contributed by atoms with E-state index in [-0.39, 0.29) is 0 Å². The highest BCUT2D eigenvalue weighted by Crippen LogP contribution is 2.03. The second kappa shape index (κ2) is 5.65. The first-order valence-electron chi connectivity index (χ1n) is 4.85. The number of nitrogens with one attached hydrogen (secondary N) is 1. The minimum atomic E-state index is 0.752. The molecule has 0 aromatic carbocycles. The molecule has 74 valence electrons. The zero-order valence-corrected chi connectivity index (χ0v) is 8.42. The molecule has 0 spiro atoms. The predicted molar refractivity (Wildman–Crippen MR) is 54.1 cm³/mol. The Morgan fingerprint density at radius 2 is 2.15 bits per heavy atom. The molecule has 0 fully saturated rings. The first-order chi connectivity index (χ1) is 6.36. The van der Waals surface area contributed by atoms with Crippen molar-refractivity contribution in [3.8, 4) is 5.88 Å². The minimum Gasteiger partial charge on any atom is -0.478 e. The Kier molecular flexibility index (Phi) is 4.40. The van der Waals surface area contributed by atoms with Crippen molar-refractivity contribution >= 4 is 0 Å². The number of aromatic amines is 1. The van der Waals surface area contributed by atoms with E-state index in [0.717, 1.165) is 32.1 Å². The normalized spacial score (nSPS) is 10.7. The minimum absolute atomic E-state index is 0.752. The third-order valence-corrected chi connectivity index (χ3v) is 2.13. The van der Waals surface area contributed by atoms with Crippen LogP contribution < -0.4 is 4.74 Å². The number of hydrogen-bond acceptors (Lipinski definition) is 2. The molecule has 0 aliphatic carbocycles. The number of ether oxygens (including phenoxy) is 1. The molecule has 1 aromatic rings. The van der Waals surface area contributed by atoms with Crippen LogP contribution in [0.3, 0.4) is 0 Å². The molecule has 3 nitrogen and oxygen atoms in total. The van der Waals surface area contributed by atoms with Gasteiger partial charge < -0.3 is 14.6 Å². The fourth-order valence-electron chi connectivity index (χ4n) is 1.23. The summed E-state index contributed by atoms with van der Waals surface area (Å²) >= 11 is 0. The van der Waals surface area contributed by atoms with E-state index in [1.807, 2.05) is 18.3 Å². The molecule has 1 N–H and O–H groups in total. The van der Waals surface area contributed by atoms with Gasteiger partial charge in [-0.05, 0) is 25.2 Å². The molecule has 3 heteroatoms. The Balaban J connectivity index is 2.13. The number of aromatic nitrogens is 1. The average Bonchev–Trinajstić information content (AvgIpc) is 2.65. The summed E-state index contributed by atoms with van der Waals surface area (Å²) in [6, 6.07) is 3.87. The zero-order valence-electron chi connectivity index (χ0n) is 8.42. The number of likely N-dealkylation sites (N-methyl/N-ethyl adjacent to an activating group) is 1. The summed E-state index contributed by atoms with van der Waals surface area (Å²) in [5.41, 5.74) is 0. The van der Waals surface area contributed by atoms with Gasteiger partial charge in [0, 0.05) is 12.7 Å². The molecule has 1 aromatic heterocycles. The van der Waals surface area contributed by atoms with Crippen molar-refractivity contribution < 1.29 is 4.74 Å². The first kappa shape index (κ1) is 10.1. The lowest BCUT2D eigenvalue weighted by molar-refractivity contribution is 0.218. The molecule has 1 rings (SSSR count). The third-order valence-electron chi connectivity index (χ3n) is 2.13. The van der Waals surface area contributed by atoms with E-state index in [4.69, 9.17) is 4.74 Å². The second-order valence-corrected chi connectivity index (χ2v) is 2.91. The molecule has 13 heavy (non-hydrogen) atoms. The lowest BCUT2D eigenvalue weighted by Crippen LogP contribution is -2.27. The number of hydrogen-bond donors (Lipinski definition) is 1. The molecule has 0 aliphatic rings. The zero-order chi connectivity index (χ0) is 9.52. The van der Waals surface area contributed by atoms with Gasteiger partial charge in [-0.1, -0.05) is 13.8 Å². The summed E-state index contributed by atoms with van der Waals surface area (Å²) in [6.07, 6.45) is 1.87. The quantitative estimate of drug-likeness (QED) is 0.725. The van der Waals surface area contributed by atoms with Gasteiger partial charge in [-0.25, -0.2) is 0 Å². The van der Waals surface area contributed by atoms with Gasteiger partial charge in [-0.3, -0.25) is 0 Å². The van der Waals surface area contributed by atoms with Gasteiger partial charge in [0.25, 0.3) is 0 Å². The van der Waals surface area contributed by atoms with Crippen molar-refractivity contribution in [1.82, 2.24) is 9.88 Å². The smallest absolute Gasteiger partial charge is 0.190 e. The highest BCUT2D eigenvalue weighted by molar-refractivity contribution is 5.09. The van der Waals surface area contributed by atoms with Crippen molar-refractivity contribution in [3.05, 3.63) is 18.3 Å². The van der Waals surface area contributed by atoms with Crippen LogP contribution in [0.2, 0.25) is 0 Å². The van der Waals surface area contributed by atoms with Crippen molar-refractivity contribution in [1.29, 1.82) is 0 Å². The van der Waals surface area contributed by atoms with Crippen LogP contribution in [0, 0.1) is 0 Å². The second-order valence-electron chi connectivity index (χ2n) is 2.91. The van der Waals surface area contributed by atoms with Crippen molar-refractivity contribution in [2.75, 3.05) is 26.2 Å². The van der Waals surface area contributed by atoms with Crippen LogP contribution in [0.15, 0.2) is 18.3 Å². The van der Waals surface area contributed by atoms with Crippen LogP contribution in [-0.2, 0) is 0 Å². The maximum atomic E-state index is 5.48. The lowest BCUT2D eigenvalue weighted by atomic mass is 10.5. The summed E-state index contributed by atoms with van der Waals surface area (Å²) in [7, 11) is 0. The SMILES string of the molecule is CCN(CC)CCOc1ccc[nH]1. The van der Waals surface area contributed by atoms with Crippen LogP contribution in [0.5, 0.6) is 5.88 Å². The van der Waals surface area contributed by atoms with Gasteiger partial charge in [-0.15, -0.1) is 0 Å². The largest absolute Gasteiger partial charge is 0.478 e. The maximum Gasteiger partial charge on any atom is 0.190 e. The molecule has 0 radical (unpaired) electrons. The predicted octanol–water partition coefficient (Wildman–Crippen LogP) is 1.74. The summed E-state index contributed by atoms with van der Waals surface area (Å²) in [6.45, 7) is 8.25. The van der Waals surface area contributed by atoms with Crippen molar-refractivity contribution in [2.24, 2.45) is 0 Å². The number of H-pyrrole nitrogens is 1. The van der Waals surface area contributed by atoms with Gasteiger partial charge in [-0.2, -0.15) is 0 Å². The van der Waals surface area contributed by atoms with E-state index in [1.165, 1.54) is 0 Å². The van der Waals surface area contributed by atoms with Crippen molar-refractivity contribution in [2.45, 2.75) is 13.8 Å². The van der Waals surface area contributed by atoms with E-state index in [9.17, 15) is 0 Å². The van der Waals surface area contributed by atoms with E-state index in [2.05, 4.69) is 23.7 Å². The van der Waals surface area contributed by atoms with Gasteiger partial charge in [0.1, 0.15) is 6.61 Å². The molecular weight excluding hydrogens is 164 g/mol. The van der Waals surface area contributed by atoms with E-state index >= 15 is 0 Å². The third kappa shape index (κ3) is 3.51. The monoisotopic (exact) mass is 182 g/mol. The van der Waals surface area contributed by atoms with Crippen LogP contribution >= 0.6 is 0 Å². The molecule has 1 heterocycles. The molecule has 0 bridgehead atoms.